The van der Waals surface area contributed by atoms with Gasteiger partial charge in [0.05, 0.1) is 18.9 Å². The molecule has 1 aromatic carbocycles. The van der Waals surface area contributed by atoms with Crippen molar-refractivity contribution in [3.63, 3.8) is 0 Å². The first-order valence-electron chi connectivity index (χ1n) is 6.54. The molecule has 9 heteroatoms. The van der Waals surface area contributed by atoms with Gasteiger partial charge in [0, 0.05) is 5.56 Å². The van der Waals surface area contributed by atoms with Crippen LogP contribution in [0, 0.1) is 0 Å². The molecule has 9 nitrogen and oxygen atoms in total. The number of tetrazole rings is 1. The summed E-state index contributed by atoms with van der Waals surface area (Å²) in [6, 6.07) is 10.4. The zero-order valence-corrected chi connectivity index (χ0v) is 12.1. The van der Waals surface area contributed by atoms with Crippen LogP contribution < -0.4 is 5.73 Å². The molecule has 0 unspecified atom stereocenters. The molecule has 0 radical (unpaired) electrons. The van der Waals surface area contributed by atoms with Crippen molar-refractivity contribution < 1.29 is 13.9 Å². The van der Waals surface area contributed by atoms with Crippen molar-refractivity contribution >= 4 is 18.1 Å². The van der Waals surface area contributed by atoms with E-state index in [1.807, 2.05) is 0 Å². The number of rotatable bonds is 4. The Morgan fingerprint density at radius 3 is 2.74 bits per heavy atom. The van der Waals surface area contributed by atoms with Crippen molar-refractivity contribution in [2.75, 3.05) is 12.8 Å². The number of nitrogens with two attached hydrogens (primary N) is 1. The van der Waals surface area contributed by atoms with Crippen LogP contribution in [0.3, 0.4) is 0 Å². The second-order valence-electron chi connectivity index (χ2n) is 4.44. The predicted molar refractivity (Wildman–Crippen MR) is 80.7 cm³/mol. The third-order valence-corrected chi connectivity index (χ3v) is 2.99. The molecular formula is C14H12N6O3. The van der Waals surface area contributed by atoms with E-state index in [9.17, 15) is 4.79 Å². The van der Waals surface area contributed by atoms with E-state index in [2.05, 4.69) is 25.4 Å². The quantitative estimate of drug-likeness (QED) is 0.567. The third kappa shape index (κ3) is 3.07. The van der Waals surface area contributed by atoms with Gasteiger partial charge in [0.15, 0.2) is 0 Å². The van der Waals surface area contributed by atoms with Gasteiger partial charge in [-0.3, -0.25) is 0 Å². The number of carbonyl (C=O) groups is 1. The van der Waals surface area contributed by atoms with Crippen LogP contribution in [-0.4, -0.2) is 39.6 Å². The van der Waals surface area contributed by atoms with Gasteiger partial charge in [0.1, 0.15) is 11.5 Å². The Kier molecular flexibility index (Phi) is 3.83. The SMILES string of the molecule is COC(=O)c1ccc(-c2ccc(/C=N\n3nnnc3N)o2)cc1. The molecule has 0 bridgehead atoms. The number of hydrogen-bond acceptors (Lipinski definition) is 8. The van der Waals surface area contributed by atoms with E-state index in [1.54, 1.807) is 36.4 Å². The van der Waals surface area contributed by atoms with Crippen LogP contribution >= 0.6 is 0 Å². The molecule has 0 aliphatic rings. The highest BCUT2D eigenvalue weighted by Gasteiger charge is 2.08. The van der Waals surface area contributed by atoms with Gasteiger partial charge in [-0.15, -0.1) is 0 Å². The lowest BCUT2D eigenvalue weighted by molar-refractivity contribution is 0.0601. The van der Waals surface area contributed by atoms with Crippen molar-refractivity contribution in [1.82, 2.24) is 20.3 Å². The highest BCUT2D eigenvalue weighted by molar-refractivity contribution is 5.89. The molecule has 0 saturated heterocycles. The molecule has 3 aromatic rings. The lowest BCUT2D eigenvalue weighted by Gasteiger charge is -2.00. The molecule has 3 rings (SSSR count). The molecule has 0 atom stereocenters. The predicted octanol–water partition coefficient (Wildman–Crippen LogP) is 1.18. The van der Waals surface area contributed by atoms with Crippen molar-refractivity contribution in [1.29, 1.82) is 0 Å². The summed E-state index contributed by atoms with van der Waals surface area (Å²) in [7, 11) is 1.34. The Balaban J connectivity index is 1.78. The van der Waals surface area contributed by atoms with E-state index in [1.165, 1.54) is 13.3 Å². The molecule has 116 valence electrons. The Hall–Kier alpha value is -3.49. The van der Waals surface area contributed by atoms with Gasteiger partial charge in [-0.05, 0) is 34.7 Å². The van der Waals surface area contributed by atoms with Gasteiger partial charge < -0.3 is 14.9 Å². The molecule has 2 N–H and O–H groups in total. The molecule has 2 aromatic heterocycles. The van der Waals surface area contributed by atoms with Crippen molar-refractivity contribution in [3.05, 3.63) is 47.7 Å². The number of anilines is 1. The van der Waals surface area contributed by atoms with E-state index in [0.717, 1.165) is 10.4 Å². The fourth-order valence-corrected chi connectivity index (χ4v) is 1.85. The van der Waals surface area contributed by atoms with Gasteiger partial charge in [-0.2, -0.15) is 5.10 Å². The van der Waals surface area contributed by atoms with Crippen molar-refractivity contribution in [2.24, 2.45) is 5.10 Å². The fourth-order valence-electron chi connectivity index (χ4n) is 1.85. The maximum atomic E-state index is 11.4. The molecular weight excluding hydrogens is 300 g/mol. The smallest absolute Gasteiger partial charge is 0.337 e. The minimum absolute atomic E-state index is 0.0754. The number of aromatic nitrogens is 4. The van der Waals surface area contributed by atoms with Gasteiger partial charge in [0.2, 0.25) is 0 Å². The summed E-state index contributed by atoms with van der Waals surface area (Å²) in [6.07, 6.45) is 1.44. The van der Waals surface area contributed by atoms with Gasteiger partial charge in [-0.25, -0.2) is 4.79 Å². The number of carbonyl (C=O) groups excluding carboxylic acids is 1. The molecule has 0 spiro atoms. The first-order valence-corrected chi connectivity index (χ1v) is 6.54. The number of ether oxygens (including phenoxy) is 1. The summed E-state index contributed by atoms with van der Waals surface area (Å²) in [5.74, 6) is 0.828. The summed E-state index contributed by atoms with van der Waals surface area (Å²) in [5.41, 5.74) is 6.79. The van der Waals surface area contributed by atoms with Gasteiger partial charge in [-0.1, -0.05) is 22.0 Å². The maximum Gasteiger partial charge on any atom is 0.337 e. The van der Waals surface area contributed by atoms with Crippen LogP contribution in [-0.2, 0) is 4.74 Å². The fraction of sp³-hybridized carbons (Fsp3) is 0.0714. The van der Waals surface area contributed by atoms with Crippen molar-refractivity contribution in [3.8, 4) is 11.3 Å². The maximum absolute atomic E-state index is 11.4. The lowest BCUT2D eigenvalue weighted by atomic mass is 10.1. The molecule has 0 amide bonds. The van der Waals surface area contributed by atoms with E-state index >= 15 is 0 Å². The summed E-state index contributed by atoms with van der Waals surface area (Å²) >= 11 is 0. The van der Waals surface area contributed by atoms with Crippen LogP contribution in [0.5, 0.6) is 0 Å². The summed E-state index contributed by atoms with van der Waals surface area (Å²) in [5, 5.41) is 14.4. The zero-order chi connectivity index (χ0) is 16.2. The summed E-state index contributed by atoms with van der Waals surface area (Å²) < 4.78 is 10.3. The number of nitrogens with zero attached hydrogens (tertiary/aromatic N) is 5. The zero-order valence-electron chi connectivity index (χ0n) is 12.1. The largest absolute Gasteiger partial charge is 0.465 e. The average Bonchev–Trinajstić information content (AvgIpc) is 3.21. The van der Waals surface area contributed by atoms with E-state index in [-0.39, 0.29) is 11.9 Å². The van der Waals surface area contributed by atoms with Crippen LogP contribution in [0.25, 0.3) is 11.3 Å². The first-order chi connectivity index (χ1) is 11.2. The van der Waals surface area contributed by atoms with Gasteiger partial charge in [0.25, 0.3) is 5.95 Å². The molecule has 23 heavy (non-hydrogen) atoms. The minimum atomic E-state index is -0.386. The standard InChI is InChI=1S/C14H12N6O3/c1-22-13(21)10-4-2-9(3-5-10)12-7-6-11(23-12)8-16-20-14(15)17-18-19-20/h2-8H,1H3,(H2,15,17,19)/b16-8-. The second kappa shape index (κ2) is 6.10. The summed E-state index contributed by atoms with van der Waals surface area (Å²) in [4.78, 5) is 12.5. The molecule has 0 aliphatic heterocycles. The highest BCUT2D eigenvalue weighted by Crippen LogP contribution is 2.22. The number of hydrogen-bond donors (Lipinski definition) is 1. The third-order valence-electron chi connectivity index (χ3n) is 2.99. The Labute approximate surface area is 130 Å². The summed E-state index contributed by atoms with van der Waals surface area (Å²) in [6.45, 7) is 0. The molecule has 0 fully saturated rings. The highest BCUT2D eigenvalue weighted by atomic mass is 16.5. The number of furan rings is 1. The van der Waals surface area contributed by atoms with Crippen molar-refractivity contribution in [2.45, 2.75) is 0 Å². The van der Waals surface area contributed by atoms with Crippen LogP contribution in [0.2, 0.25) is 0 Å². The van der Waals surface area contributed by atoms with Crippen LogP contribution in [0.1, 0.15) is 16.1 Å². The number of esters is 1. The van der Waals surface area contributed by atoms with E-state index in [0.29, 0.717) is 17.1 Å². The van der Waals surface area contributed by atoms with E-state index < -0.39 is 0 Å². The Bertz CT molecular complexity index is 850. The average molecular weight is 312 g/mol. The molecule has 0 aliphatic carbocycles. The number of methoxy groups -OCH3 is 1. The first kappa shape index (κ1) is 14.4. The minimum Gasteiger partial charge on any atom is -0.465 e. The Morgan fingerprint density at radius 1 is 1.30 bits per heavy atom. The molecule has 0 saturated carbocycles. The number of nitrogen functional groups attached to an aromatic ring is 1. The monoisotopic (exact) mass is 312 g/mol. The lowest BCUT2D eigenvalue weighted by Crippen LogP contribution is -2.00. The Morgan fingerprint density at radius 2 is 2.09 bits per heavy atom. The van der Waals surface area contributed by atoms with Crippen LogP contribution in [0.15, 0.2) is 45.9 Å². The van der Waals surface area contributed by atoms with E-state index in [4.69, 9.17) is 10.2 Å². The number of benzene rings is 1. The topological polar surface area (TPSA) is 121 Å². The normalized spacial score (nSPS) is 11.0. The van der Waals surface area contributed by atoms with Crippen LogP contribution in [0.4, 0.5) is 5.95 Å². The molecule has 2 heterocycles. The second-order valence-corrected chi connectivity index (χ2v) is 4.44. The van der Waals surface area contributed by atoms with Gasteiger partial charge >= 0.3 is 5.97 Å².